The van der Waals surface area contributed by atoms with Crippen LogP contribution in [-0.4, -0.2) is 39.6 Å². The molecule has 0 saturated carbocycles. The average molecular weight is 487 g/mol. The van der Waals surface area contributed by atoms with Crippen LogP contribution >= 0.6 is 23.4 Å². The highest BCUT2D eigenvalue weighted by atomic mass is 35.5. The van der Waals surface area contributed by atoms with Crippen LogP contribution < -0.4 is 10.1 Å². The van der Waals surface area contributed by atoms with Crippen molar-refractivity contribution in [3.63, 3.8) is 0 Å². The van der Waals surface area contributed by atoms with Gasteiger partial charge in [0.25, 0.3) is 0 Å². The van der Waals surface area contributed by atoms with Crippen LogP contribution in [0.25, 0.3) is 0 Å². The molecule has 33 heavy (non-hydrogen) atoms. The maximum absolute atomic E-state index is 12.7. The Morgan fingerprint density at radius 1 is 1.30 bits per heavy atom. The number of hydrogen-bond donors (Lipinski definition) is 2. The molecule has 0 bridgehead atoms. The van der Waals surface area contributed by atoms with Gasteiger partial charge in [-0.2, -0.15) is 4.98 Å². The van der Waals surface area contributed by atoms with Crippen LogP contribution in [0.4, 0.5) is 5.95 Å². The lowest BCUT2D eigenvalue weighted by molar-refractivity contribution is -0.136. The fraction of sp³-hybridized carbons (Fsp3) is 0.261. The smallest absolute Gasteiger partial charge is 0.338 e. The van der Waals surface area contributed by atoms with Crippen molar-refractivity contribution in [2.24, 2.45) is 0 Å². The number of hydrogen-bond acceptors (Lipinski definition) is 8. The molecule has 1 atom stereocenters. The molecular weight excluding hydrogens is 464 g/mol. The summed E-state index contributed by atoms with van der Waals surface area (Å²) in [4.78, 5) is 17.3. The summed E-state index contributed by atoms with van der Waals surface area (Å²) >= 11 is 7.72. The van der Waals surface area contributed by atoms with Crippen molar-refractivity contribution in [1.29, 1.82) is 0 Å². The second-order valence-electron chi connectivity index (χ2n) is 7.26. The molecule has 3 aromatic rings. The number of carbonyl (C=O) groups is 1. The number of benzene rings is 2. The van der Waals surface area contributed by atoms with E-state index in [1.54, 1.807) is 23.7 Å². The lowest BCUT2D eigenvalue weighted by Gasteiger charge is -2.28. The molecular formula is C23H23ClN4O4S. The van der Waals surface area contributed by atoms with Crippen LogP contribution in [0.15, 0.2) is 58.9 Å². The Labute approximate surface area is 200 Å². The quantitative estimate of drug-likeness (QED) is 0.363. The number of nitrogens with zero attached hydrogens (tertiary/aromatic N) is 3. The number of nitrogens with one attached hydrogen (secondary N) is 1. The Hall–Kier alpha value is -3.17. The number of fused-ring (bicyclic) bond motifs is 1. The second-order valence-corrected chi connectivity index (χ2v) is 8.61. The van der Waals surface area contributed by atoms with Crippen molar-refractivity contribution in [2.45, 2.75) is 30.8 Å². The minimum absolute atomic E-state index is 0.0182. The van der Waals surface area contributed by atoms with E-state index in [9.17, 15) is 9.90 Å². The van der Waals surface area contributed by atoms with Gasteiger partial charge in [0.1, 0.15) is 6.04 Å². The average Bonchev–Trinajstić information content (AvgIpc) is 3.21. The van der Waals surface area contributed by atoms with Crippen molar-refractivity contribution in [2.75, 3.05) is 19.0 Å². The highest BCUT2D eigenvalue weighted by molar-refractivity contribution is 7.98. The molecule has 2 N–H and O–H groups in total. The number of carbonyl (C=O) groups excluding carboxylic acids is 1. The summed E-state index contributed by atoms with van der Waals surface area (Å²) in [5, 5.41) is 19.2. The van der Waals surface area contributed by atoms with Crippen molar-refractivity contribution in [3.8, 4) is 11.5 Å². The van der Waals surface area contributed by atoms with E-state index in [0.717, 1.165) is 5.56 Å². The van der Waals surface area contributed by atoms with Gasteiger partial charge in [0.15, 0.2) is 11.5 Å². The predicted octanol–water partition coefficient (Wildman–Crippen LogP) is 4.79. The van der Waals surface area contributed by atoms with Crippen molar-refractivity contribution >= 4 is 35.3 Å². The first-order chi connectivity index (χ1) is 15.9. The predicted molar refractivity (Wildman–Crippen MR) is 127 cm³/mol. The Morgan fingerprint density at radius 2 is 2.09 bits per heavy atom. The van der Waals surface area contributed by atoms with Crippen LogP contribution in [-0.2, 0) is 15.3 Å². The molecule has 2 aromatic carbocycles. The zero-order valence-electron chi connectivity index (χ0n) is 18.3. The van der Waals surface area contributed by atoms with Crippen LogP contribution in [0.3, 0.4) is 0 Å². The molecule has 0 amide bonds. The summed E-state index contributed by atoms with van der Waals surface area (Å²) in [6.45, 7) is 4.01. The first-order valence-electron chi connectivity index (χ1n) is 10.3. The van der Waals surface area contributed by atoms with Gasteiger partial charge in [-0.1, -0.05) is 47.6 Å². The van der Waals surface area contributed by atoms with Gasteiger partial charge in [-0.05, 0) is 43.2 Å². The molecule has 4 rings (SSSR count). The number of aromatic hydroxyl groups is 1. The topological polar surface area (TPSA) is 98.5 Å². The SMILES string of the molecule is CCOc1cc(C2C(C(=O)OC)=C(C)Nc3nc(SCc4ccccc4Cl)nn32)ccc1O. The number of allylic oxidation sites excluding steroid dienone is 1. The molecule has 0 aliphatic carbocycles. The Balaban J connectivity index is 1.73. The number of esters is 1. The van der Waals surface area contributed by atoms with Crippen molar-refractivity contribution in [3.05, 3.63) is 69.9 Å². The third-order valence-corrected chi connectivity index (χ3v) is 6.41. The lowest BCUT2D eigenvalue weighted by Crippen LogP contribution is -2.29. The summed E-state index contributed by atoms with van der Waals surface area (Å²) in [6, 6.07) is 12.0. The van der Waals surface area contributed by atoms with Crippen molar-refractivity contribution in [1.82, 2.24) is 14.8 Å². The van der Waals surface area contributed by atoms with Gasteiger partial charge in [-0.15, -0.1) is 5.10 Å². The zero-order valence-corrected chi connectivity index (χ0v) is 19.9. The van der Waals surface area contributed by atoms with E-state index in [2.05, 4.69) is 15.4 Å². The van der Waals surface area contributed by atoms with E-state index in [-0.39, 0.29) is 5.75 Å². The number of anilines is 1. The molecule has 8 nitrogen and oxygen atoms in total. The van der Waals surface area contributed by atoms with Gasteiger partial charge in [-0.25, -0.2) is 9.48 Å². The van der Waals surface area contributed by atoms with Crippen molar-refractivity contribution < 1.29 is 19.4 Å². The first-order valence-corrected chi connectivity index (χ1v) is 11.6. The number of thioether (sulfide) groups is 1. The number of halogens is 1. The van der Waals surface area contributed by atoms with Gasteiger partial charge in [-0.3, -0.25) is 0 Å². The molecule has 1 aromatic heterocycles. The van der Waals surface area contributed by atoms with Gasteiger partial charge in [0, 0.05) is 16.5 Å². The molecule has 0 radical (unpaired) electrons. The number of phenolic OH excluding ortho intramolecular Hbond substituents is 1. The molecule has 0 fully saturated rings. The maximum atomic E-state index is 12.7. The van der Waals surface area contributed by atoms with E-state index >= 15 is 0 Å². The Morgan fingerprint density at radius 3 is 2.82 bits per heavy atom. The summed E-state index contributed by atoms with van der Waals surface area (Å²) in [5.74, 6) is 0.952. The summed E-state index contributed by atoms with van der Waals surface area (Å²) in [7, 11) is 1.34. The number of phenols is 1. The van der Waals surface area contributed by atoms with Crippen LogP contribution in [0.5, 0.6) is 11.5 Å². The van der Waals surface area contributed by atoms with E-state index in [4.69, 9.17) is 21.1 Å². The van der Waals surface area contributed by atoms with Gasteiger partial charge >= 0.3 is 5.97 Å². The maximum Gasteiger partial charge on any atom is 0.338 e. The minimum atomic E-state index is -0.615. The third-order valence-electron chi connectivity index (χ3n) is 5.15. The van der Waals surface area contributed by atoms with Crippen LogP contribution in [0.1, 0.15) is 31.0 Å². The van der Waals surface area contributed by atoms with Crippen LogP contribution in [0.2, 0.25) is 5.02 Å². The fourth-order valence-electron chi connectivity index (χ4n) is 3.60. The van der Waals surface area contributed by atoms with Gasteiger partial charge < -0.3 is 19.9 Å². The van der Waals surface area contributed by atoms with E-state index in [0.29, 0.717) is 51.1 Å². The molecule has 0 saturated heterocycles. The normalized spacial score (nSPS) is 15.1. The molecule has 172 valence electrons. The molecule has 1 unspecified atom stereocenters. The number of methoxy groups -OCH3 is 1. The van der Waals surface area contributed by atoms with E-state index in [1.807, 2.05) is 31.2 Å². The minimum Gasteiger partial charge on any atom is -0.504 e. The molecule has 2 heterocycles. The number of ether oxygens (including phenoxy) is 2. The summed E-state index contributed by atoms with van der Waals surface area (Å²) in [5.41, 5.74) is 2.68. The van der Waals surface area contributed by atoms with Crippen LogP contribution in [0, 0.1) is 0 Å². The van der Waals surface area contributed by atoms with Gasteiger partial charge in [0.2, 0.25) is 11.1 Å². The second kappa shape index (κ2) is 9.76. The molecule has 10 heteroatoms. The Bertz CT molecular complexity index is 1230. The standard InChI is InChI=1S/C23H23ClN4O4S/c1-4-32-18-11-14(9-10-17(18)29)20-19(21(30)31-3)13(2)25-22-26-23(27-28(20)22)33-12-15-7-5-6-8-16(15)24/h5-11,20,29H,4,12H2,1-3H3,(H,25,26,27). The van der Waals surface area contributed by atoms with E-state index in [1.165, 1.54) is 24.9 Å². The fourth-order valence-corrected chi connectivity index (χ4v) is 4.72. The third kappa shape index (κ3) is 4.65. The molecule has 1 aliphatic rings. The number of aromatic nitrogens is 3. The highest BCUT2D eigenvalue weighted by Gasteiger charge is 2.35. The summed E-state index contributed by atoms with van der Waals surface area (Å²) in [6.07, 6.45) is 0. The monoisotopic (exact) mass is 486 g/mol. The number of rotatable bonds is 7. The zero-order chi connectivity index (χ0) is 23.5. The lowest BCUT2D eigenvalue weighted by atomic mass is 9.95. The first kappa shape index (κ1) is 23.0. The van der Waals surface area contributed by atoms with Gasteiger partial charge in [0.05, 0.1) is 19.3 Å². The van der Waals surface area contributed by atoms with E-state index < -0.39 is 12.0 Å². The molecule has 0 spiro atoms. The molecule has 1 aliphatic heterocycles. The largest absolute Gasteiger partial charge is 0.504 e. The summed E-state index contributed by atoms with van der Waals surface area (Å²) < 4.78 is 12.3. The Kier molecular flexibility index (Phi) is 6.80. The highest BCUT2D eigenvalue weighted by Crippen LogP contribution is 2.39.